The molecule has 0 aliphatic heterocycles. The van der Waals surface area contributed by atoms with Gasteiger partial charge in [0.1, 0.15) is 6.29 Å². The van der Waals surface area contributed by atoms with Crippen LogP contribution in [0.4, 0.5) is 0 Å². The molecule has 122 valence electrons. The molecular weight excluding hydrogens is 272 g/mol. The number of aldehydes is 1. The van der Waals surface area contributed by atoms with Gasteiger partial charge < -0.3 is 9.90 Å². The van der Waals surface area contributed by atoms with Gasteiger partial charge in [-0.1, -0.05) is 31.9 Å². The molecule has 4 rings (SSSR count). The first-order chi connectivity index (χ1) is 10.5. The van der Waals surface area contributed by atoms with Crippen LogP contribution in [0.3, 0.4) is 0 Å². The van der Waals surface area contributed by atoms with Gasteiger partial charge in [-0.05, 0) is 74.0 Å². The Balaban J connectivity index is 1.77. The van der Waals surface area contributed by atoms with Gasteiger partial charge in [-0.3, -0.25) is 0 Å². The summed E-state index contributed by atoms with van der Waals surface area (Å²) in [5.41, 5.74) is 1.57. The van der Waals surface area contributed by atoms with Crippen LogP contribution in [-0.2, 0) is 4.79 Å². The molecule has 7 atom stereocenters. The summed E-state index contributed by atoms with van der Waals surface area (Å²) in [5, 5.41) is 10.1. The minimum atomic E-state index is -0.236. The van der Waals surface area contributed by atoms with Gasteiger partial charge in [0, 0.05) is 0 Å². The van der Waals surface area contributed by atoms with Gasteiger partial charge >= 0.3 is 0 Å². The summed E-state index contributed by atoms with van der Waals surface area (Å²) in [6.07, 6.45) is 12.5. The van der Waals surface area contributed by atoms with Crippen LogP contribution < -0.4 is 0 Å². The number of rotatable bonds is 1. The van der Waals surface area contributed by atoms with Gasteiger partial charge in [-0.25, -0.2) is 0 Å². The monoisotopic (exact) mass is 302 g/mol. The zero-order valence-corrected chi connectivity index (χ0v) is 14.1. The van der Waals surface area contributed by atoms with Crippen molar-refractivity contribution < 1.29 is 9.90 Å². The topological polar surface area (TPSA) is 37.3 Å². The minimum Gasteiger partial charge on any atom is -0.393 e. The van der Waals surface area contributed by atoms with Crippen LogP contribution >= 0.6 is 0 Å². The predicted molar refractivity (Wildman–Crippen MR) is 87.3 cm³/mol. The van der Waals surface area contributed by atoms with E-state index >= 15 is 0 Å². The lowest BCUT2D eigenvalue weighted by molar-refractivity contribution is -0.127. The molecule has 3 saturated carbocycles. The van der Waals surface area contributed by atoms with Crippen molar-refractivity contribution in [3.8, 4) is 0 Å². The van der Waals surface area contributed by atoms with E-state index in [1.165, 1.54) is 44.0 Å². The molecule has 0 aromatic rings. The lowest BCUT2D eigenvalue weighted by atomic mass is 9.46. The SMILES string of the molecule is CC1C=C2CC(O)CC[C@]2(C=O)[C@@H]2CC[C@]3(C)CCC[C@H]3[C@H]12. The Morgan fingerprint density at radius 2 is 2.00 bits per heavy atom. The smallest absolute Gasteiger partial charge is 0.130 e. The minimum absolute atomic E-state index is 0.233. The maximum absolute atomic E-state index is 12.2. The lowest BCUT2D eigenvalue weighted by Gasteiger charge is -2.58. The number of fused-ring (bicyclic) bond motifs is 5. The Morgan fingerprint density at radius 3 is 2.77 bits per heavy atom. The maximum atomic E-state index is 12.2. The van der Waals surface area contributed by atoms with Crippen LogP contribution in [-0.4, -0.2) is 17.5 Å². The van der Waals surface area contributed by atoms with Crippen LogP contribution in [0.25, 0.3) is 0 Å². The van der Waals surface area contributed by atoms with Gasteiger partial charge in [0.25, 0.3) is 0 Å². The Kier molecular flexibility index (Phi) is 3.35. The largest absolute Gasteiger partial charge is 0.393 e. The fourth-order valence-corrected chi connectivity index (χ4v) is 6.93. The van der Waals surface area contributed by atoms with Crippen molar-refractivity contribution in [2.24, 2.45) is 34.5 Å². The van der Waals surface area contributed by atoms with Gasteiger partial charge in [0.2, 0.25) is 0 Å². The van der Waals surface area contributed by atoms with Crippen molar-refractivity contribution in [2.75, 3.05) is 0 Å². The highest BCUT2D eigenvalue weighted by Gasteiger charge is 2.59. The van der Waals surface area contributed by atoms with Crippen molar-refractivity contribution in [2.45, 2.75) is 71.3 Å². The normalized spacial score (nSPS) is 54.0. The van der Waals surface area contributed by atoms with Crippen LogP contribution in [0.2, 0.25) is 0 Å². The van der Waals surface area contributed by atoms with E-state index in [9.17, 15) is 9.90 Å². The summed E-state index contributed by atoms with van der Waals surface area (Å²) in [6, 6.07) is 0. The first kappa shape index (κ1) is 14.9. The number of hydrogen-bond donors (Lipinski definition) is 1. The average molecular weight is 302 g/mol. The van der Waals surface area contributed by atoms with Crippen LogP contribution in [0.1, 0.15) is 65.2 Å². The molecule has 0 heterocycles. The first-order valence-electron chi connectivity index (χ1n) is 9.36. The van der Waals surface area contributed by atoms with Gasteiger partial charge in [0.05, 0.1) is 11.5 Å². The third-order valence-corrected chi connectivity index (χ3v) is 8.00. The predicted octanol–water partition coefficient (Wildman–Crippen LogP) is 4.13. The molecule has 22 heavy (non-hydrogen) atoms. The second-order valence-corrected chi connectivity index (χ2v) is 8.98. The highest BCUT2D eigenvalue weighted by molar-refractivity contribution is 5.67. The average Bonchev–Trinajstić information content (AvgIpc) is 2.88. The van der Waals surface area contributed by atoms with E-state index in [1.807, 2.05) is 0 Å². The fraction of sp³-hybridized carbons (Fsp3) is 0.850. The Morgan fingerprint density at radius 1 is 1.18 bits per heavy atom. The van der Waals surface area contributed by atoms with Crippen molar-refractivity contribution in [3.63, 3.8) is 0 Å². The summed E-state index contributed by atoms with van der Waals surface area (Å²) in [6.45, 7) is 4.87. The number of allylic oxidation sites excluding steroid dienone is 1. The van der Waals surface area contributed by atoms with E-state index in [2.05, 4.69) is 19.9 Å². The Labute approximate surface area is 134 Å². The number of hydrogen-bond acceptors (Lipinski definition) is 2. The molecule has 2 unspecified atom stereocenters. The van der Waals surface area contributed by atoms with Crippen LogP contribution in [0.15, 0.2) is 11.6 Å². The van der Waals surface area contributed by atoms with Gasteiger partial charge in [0.15, 0.2) is 0 Å². The molecule has 0 spiro atoms. The molecule has 0 bridgehead atoms. The maximum Gasteiger partial charge on any atom is 0.130 e. The van der Waals surface area contributed by atoms with E-state index in [0.29, 0.717) is 23.2 Å². The van der Waals surface area contributed by atoms with Crippen molar-refractivity contribution in [1.29, 1.82) is 0 Å². The summed E-state index contributed by atoms with van der Waals surface area (Å²) in [5.74, 6) is 2.60. The quantitative estimate of drug-likeness (QED) is 0.584. The van der Waals surface area contributed by atoms with Gasteiger partial charge in [-0.2, -0.15) is 0 Å². The van der Waals surface area contributed by atoms with E-state index in [4.69, 9.17) is 0 Å². The molecule has 2 heteroatoms. The van der Waals surface area contributed by atoms with Crippen molar-refractivity contribution in [3.05, 3.63) is 11.6 Å². The highest BCUT2D eigenvalue weighted by Crippen LogP contribution is 2.65. The summed E-state index contributed by atoms with van der Waals surface area (Å²) < 4.78 is 0. The van der Waals surface area contributed by atoms with Crippen LogP contribution in [0, 0.1) is 34.5 Å². The second kappa shape index (κ2) is 4.93. The lowest BCUT2D eigenvalue weighted by Crippen LogP contribution is -2.53. The zero-order valence-electron chi connectivity index (χ0n) is 14.1. The molecule has 0 amide bonds. The Hall–Kier alpha value is -0.630. The van der Waals surface area contributed by atoms with E-state index in [-0.39, 0.29) is 11.5 Å². The first-order valence-corrected chi connectivity index (χ1v) is 9.36. The van der Waals surface area contributed by atoms with Crippen LogP contribution in [0.5, 0.6) is 0 Å². The third kappa shape index (κ3) is 1.85. The second-order valence-electron chi connectivity index (χ2n) is 8.98. The van der Waals surface area contributed by atoms with Gasteiger partial charge in [-0.15, -0.1) is 0 Å². The number of carbonyl (C=O) groups is 1. The van der Waals surface area contributed by atoms with E-state index in [0.717, 1.165) is 25.2 Å². The molecular formula is C20H30O2. The van der Waals surface area contributed by atoms with Crippen molar-refractivity contribution in [1.82, 2.24) is 0 Å². The summed E-state index contributed by atoms with van der Waals surface area (Å²) >= 11 is 0. The van der Waals surface area contributed by atoms with Crippen molar-refractivity contribution >= 4 is 6.29 Å². The standard InChI is InChI=1S/C20H30O2/c1-13-10-14-11-15(22)5-9-20(14,12-21)17-6-8-19(2)7-3-4-16(19)18(13)17/h10,12-13,15-18,22H,3-9,11H2,1-2H3/t13?,15?,16-,17+,18-,19-,20+/m0/s1. The number of carbonyl (C=O) groups excluding carboxylic acids is 1. The number of aliphatic hydroxyl groups excluding tert-OH is 1. The van der Waals surface area contributed by atoms with E-state index < -0.39 is 0 Å². The fourth-order valence-electron chi connectivity index (χ4n) is 6.93. The molecule has 0 saturated heterocycles. The third-order valence-electron chi connectivity index (χ3n) is 8.00. The Bertz CT molecular complexity index is 510. The molecule has 0 radical (unpaired) electrons. The molecule has 0 aromatic heterocycles. The molecule has 0 aromatic carbocycles. The highest BCUT2D eigenvalue weighted by atomic mass is 16.3. The molecule has 3 fully saturated rings. The van der Waals surface area contributed by atoms with E-state index in [1.54, 1.807) is 0 Å². The zero-order chi connectivity index (χ0) is 15.5. The number of aliphatic hydroxyl groups is 1. The summed E-state index contributed by atoms with van der Waals surface area (Å²) in [7, 11) is 0. The molecule has 4 aliphatic carbocycles. The molecule has 4 aliphatic rings. The summed E-state index contributed by atoms with van der Waals surface area (Å²) in [4.78, 5) is 12.2. The molecule has 2 nitrogen and oxygen atoms in total. The molecule has 1 N–H and O–H groups in total.